The third-order valence-corrected chi connectivity index (χ3v) is 3.84. The molecule has 1 aliphatic carbocycles. The van der Waals surface area contributed by atoms with Crippen LogP contribution in [0.2, 0.25) is 0 Å². The molecule has 116 valence electrons. The highest BCUT2D eigenvalue weighted by Crippen LogP contribution is 2.31. The molecule has 1 atom stereocenters. The van der Waals surface area contributed by atoms with Crippen molar-refractivity contribution in [1.82, 2.24) is 15.1 Å². The van der Waals surface area contributed by atoms with Gasteiger partial charge in [-0.15, -0.1) is 0 Å². The molecule has 1 aromatic heterocycles. The molecule has 3 rings (SSSR count). The molecule has 0 saturated carbocycles. The van der Waals surface area contributed by atoms with E-state index in [4.69, 9.17) is 5.73 Å². The number of benzene rings is 1. The topological polar surface area (TPSA) is 72.9 Å². The van der Waals surface area contributed by atoms with E-state index in [0.717, 1.165) is 36.6 Å². The third kappa shape index (κ3) is 2.59. The smallest absolute Gasteiger partial charge is 0.234 e. The van der Waals surface area contributed by atoms with Crippen molar-refractivity contribution in [3.05, 3.63) is 47.3 Å². The van der Waals surface area contributed by atoms with Gasteiger partial charge in [0.15, 0.2) is 5.82 Å². The average Bonchev–Trinajstić information content (AvgIpc) is 2.92. The van der Waals surface area contributed by atoms with E-state index in [2.05, 4.69) is 10.4 Å². The van der Waals surface area contributed by atoms with Crippen molar-refractivity contribution in [3.63, 3.8) is 0 Å². The van der Waals surface area contributed by atoms with Crippen molar-refractivity contribution in [1.29, 1.82) is 0 Å². The Kier molecular flexibility index (Phi) is 3.89. The van der Waals surface area contributed by atoms with Gasteiger partial charge < -0.3 is 11.1 Å². The molecule has 2 aromatic rings. The lowest BCUT2D eigenvalue weighted by molar-refractivity contribution is -0.120. The Balaban J connectivity index is 1.98. The number of halogens is 2. The van der Waals surface area contributed by atoms with Gasteiger partial charge in [0.2, 0.25) is 5.91 Å². The van der Waals surface area contributed by atoms with E-state index in [9.17, 15) is 13.6 Å². The number of nitrogens with two attached hydrogens (primary N) is 1. The van der Waals surface area contributed by atoms with Crippen molar-refractivity contribution in [2.24, 2.45) is 5.73 Å². The Bertz CT molecular complexity index is 714. The number of aromatic nitrogens is 2. The summed E-state index contributed by atoms with van der Waals surface area (Å²) in [6, 6.07) is 3.22. The lowest BCUT2D eigenvalue weighted by Crippen LogP contribution is -2.35. The van der Waals surface area contributed by atoms with Gasteiger partial charge in [-0.2, -0.15) is 5.10 Å². The van der Waals surface area contributed by atoms with Crippen LogP contribution in [-0.4, -0.2) is 22.2 Å². The Morgan fingerprint density at radius 1 is 1.45 bits per heavy atom. The summed E-state index contributed by atoms with van der Waals surface area (Å²) in [5.41, 5.74) is 7.21. The van der Waals surface area contributed by atoms with Gasteiger partial charge in [0, 0.05) is 17.3 Å². The Labute approximate surface area is 126 Å². The Morgan fingerprint density at radius 2 is 2.27 bits per heavy atom. The molecule has 1 aliphatic rings. The molecule has 0 saturated heterocycles. The van der Waals surface area contributed by atoms with Crippen LogP contribution >= 0.6 is 0 Å². The average molecular weight is 306 g/mol. The standard InChI is InChI=1S/C15H16F2N4O/c16-9-4-5-14(11(17)6-9)21-13-3-1-2-12(10(13)8-19-21)20-15(22)7-18/h4-6,8,12H,1-3,7,18H2,(H,20,22)/t12-/m1/s1. The zero-order valence-corrected chi connectivity index (χ0v) is 11.9. The molecule has 0 radical (unpaired) electrons. The van der Waals surface area contributed by atoms with Gasteiger partial charge >= 0.3 is 0 Å². The van der Waals surface area contributed by atoms with Crippen LogP contribution in [0.5, 0.6) is 0 Å². The molecule has 0 fully saturated rings. The van der Waals surface area contributed by atoms with Crippen molar-refractivity contribution in [3.8, 4) is 5.69 Å². The maximum absolute atomic E-state index is 14.0. The minimum absolute atomic E-state index is 0.0768. The summed E-state index contributed by atoms with van der Waals surface area (Å²) in [7, 11) is 0. The zero-order chi connectivity index (χ0) is 15.7. The van der Waals surface area contributed by atoms with Gasteiger partial charge in [-0.3, -0.25) is 4.79 Å². The number of fused-ring (bicyclic) bond motifs is 1. The van der Waals surface area contributed by atoms with E-state index in [0.29, 0.717) is 0 Å². The maximum Gasteiger partial charge on any atom is 0.234 e. The van der Waals surface area contributed by atoms with Crippen LogP contribution in [0.15, 0.2) is 24.4 Å². The maximum atomic E-state index is 14.0. The van der Waals surface area contributed by atoms with Crippen molar-refractivity contribution in [2.75, 3.05) is 6.54 Å². The second kappa shape index (κ2) is 5.84. The molecule has 0 spiro atoms. The fraction of sp³-hybridized carbons (Fsp3) is 0.333. The van der Waals surface area contributed by atoms with E-state index in [1.165, 1.54) is 16.8 Å². The SMILES string of the molecule is NCC(=O)N[C@@H]1CCCc2c1cnn2-c1ccc(F)cc1F. The summed E-state index contributed by atoms with van der Waals surface area (Å²) in [5.74, 6) is -1.53. The minimum Gasteiger partial charge on any atom is -0.348 e. The molecule has 7 heteroatoms. The van der Waals surface area contributed by atoms with Gasteiger partial charge in [0.1, 0.15) is 11.5 Å². The molecule has 1 heterocycles. The summed E-state index contributed by atoms with van der Waals surface area (Å²) >= 11 is 0. The highest BCUT2D eigenvalue weighted by Gasteiger charge is 2.26. The minimum atomic E-state index is -0.668. The van der Waals surface area contributed by atoms with Crippen LogP contribution in [0.1, 0.15) is 30.1 Å². The first-order valence-corrected chi connectivity index (χ1v) is 7.12. The molecule has 1 amide bonds. The van der Waals surface area contributed by atoms with E-state index in [1.54, 1.807) is 6.20 Å². The van der Waals surface area contributed by atoms with Gasteiger partial charge in [-0.1, -0.05) is 0 Å². The van der Waals surface area contributed by atoms with Gasteiger partial charge in [-0.25, -0.2) is 13.5 Å². The molecule has 3 N–H and O–H groups in total. The number of nitrogens with one attached hydrogen (secondary N) is 1. The number of carbonyl (C=O) groups is 1. The second-order valence-corrected chi connectivity index (χ2v) is 5.27. The summed E-state index contributed by atoms with van der Waals surface area (Å²) in [6.07, 6.45) is 3.98. The van der Waals surface area contributed by atoms with Gasteiger partial charge in [0.25, 0.3) is 0 Å². The van der Waals surface area contributed by atoms with Gasteiger partial charge in [-0.05, 0) is 31.4 Å². The first kappa shape index (κ1) is 14.6. The summed E-state index contributed by atoms with van der Waals surface area (Å²) in [4.78, 5) is 11.5. The number of hydrogen-bond donors (Lipinski definition) is 2. The zero-order valence-electron chi connectivity index (χ0n) is 11.9. The molecule has 0 aliphatic heterocycles. The number of hydrogen-bond acceptors (Lipinski definition) is 3. The van der Waals surface area contributed by atoms with E-state index in [1.807, 2.05) is 0 Å². The molecule has 5 nitrogen and oxygen atoms in total. The van der Waals surface area contributed by atoms with Crippen LogP contribution in [0.25, 0.3) is 5.69 Å². The predicted molar refractivity (Wildman–Crippen MR) is 76.4 cm³/mol. The van der Waals surface area contributed by atoms with Crippen LogP contribution in [0.4, 0.5) is 8.78 Å². The van der Waals surface area contributed by atoms with Crippen LogP contribution in [-0.2, 0) is 11.2 Å². The normalized spacial score (nSPS) is 17.1. The number of carbonyl (C=O) groups excluding carboxylic acids is 1. The number of rotatable bonds is 3. The molecule has 0 unspecified atom stereocenters. The van der Waals surface area contributed by atoms with Gasteiger partial charge in [0.05, 0.1) is 18.8 Å². The monoisotopic (exact) mass is 306 g/mol. The summed E-state index contributed by atoms with van der Waals surface area (Å²) in [5, 5.41) is 7.06. The molecular weight excluding hydrogens is 290 g/mol. The third-order valence-electron chi connectivity index (χ3n) is 3.84. The summed E-state index contributed by atoms with van der Waals surface area (Å²) in [6.45, 7) is -0.0768. The second-order valence-electron chi connectivity index (χ2n) is 5.27. The van der Waals surface area contributed by atoms with Crippen LogP contribution in [0.3, 0.4) is 0 Å². The first-order valence-electron chi connectivity index (χ1n) is 7.12. The Morgan fingerprint density at radius 3 is 3.00 bits per heavy atom. The quantitative estimate of drug-likeness (QED) is 0.904. The number of amides is 1. The lowest BCUT2D eigenvalue weighted by Gasteiger charge is -2.24. The Hall–Kier alpha value is -2.28. The number of nitrogens with zero attached hydrogens (tertiary/aromatic N) is 2. The predicted octanol–water partition coefficient (Wildman–Crippen LogP) is 1.60. The molecule has 1 aromatic carbocycles. The van der Waals surface area contributed by atoms with E-state index < -0.39 is 11.6 Å². The van der Waals surface area contributed by atoms with Crippen molar-refractivity contribution < 1.29 is 13.6 Å². The fourth-order valence-corrected chi connectivity index (χ4v) is 2.82. The molecular formula is C15H16F2N4O. The lowest BCUT2D eigenvalue weighted by atomic mass is 9.93. The van der Waals surface area contributed by atoms with Crippen LogP contribution in [0, 0.1) is 11.6 Å². The highest BCUT2D eigenvalue weighted by molar-refractivity contribution is 5.78. The van der Waals surface area contributed by atoms with E-state index in [-0.39, 0.29) is 24.2 Å². The summed E-state index contributed by atoms with van der Waals surface area (Å²) < 4.78 is 28.5. The van der Waals surface area contributed by atoms with Crippen molar-refractivity contribution >= 4 is 5.91 Å². The fourth-order valence-electron chi connectivity index (χ4n) is 2.82. The van der Waals surface area contributed by atoms with Crippen molar-refractivity contribution in [2.45, 2.75) is 25.3 Å². The largest absolute Gasteiger partial charge is 0.348 e. The first-order chi connectivity index (χ1) is 10.6. The molecule has 0 bridgehead atoms. The van der Waals surface area contributed by atoms with Crippen LogP contribution < -0.4 is 11.1 Å². The van der Waals surface area contributed by atoms with E-state index >= 15 is 0 Å². The highest BCUT2D eigenvalue weighted by atomic mass is 19.1. The molecule has 22 heavy (non-hydrogen) atoms.